The van der Waals surface area contributed by atoms with Gasteiger partial charge in [0.1, 0.15) is 0 Å². The molecule has 0 bridgehead atoms. The van der Waals surface area contributed by atoms with Crippen molar-refractivity contribution >= 4 is 34.0 Å². The number of fused-ring (bicyclic) bond motifs is 1. The predicted molar refractivity (Wildman–Crippen MR) is 105 cm³/mol. The van der Waals surface area contributed by atoms with Gasteiger partial charge >= 0.3 is 0 Å². The van der Waals surface area contributed by atoms with Crippen molar-refractivity contribution in [1.29, 1.82) is 0 Å². The summed E-state index contributed by atoms with van der Waals surface area (Å²) in [6.45, 7) is 2.02. The Morgan fingerprint density at radius 2 is 2.08 bits per heavy atom. The maximum atomic E-state index is 12.7. The van der Waals surface area contributed by atoms with E-state index in [2.05, 4.69) is 20.3 Å². The van der Waals surface area contributed by atoms with Gasteiger partial charge in [-0.1, -0.05) is 37.3 Å². The maximum absolute atomic E-state index is 12.7. The average Bonchev–Trinajstić information content (AvgIpc) is 3.32. The Morgan fingerprint density at radius 1 is 1.23 bits per heavy atom. The van der Waals surface area contributed by atoms with E-state index in [0.29, 0.717) is 0 Å². The van der Waals surface area contributed by atoms with Crippen LogP contribution in [-0.4, -0.2) is 20.9 Å². The molecule has 0 spiro atoms. The Hall–Kier alpha value is -2.99. The van der Waals surface area contributed by atoms with E-state index >= 15 is 0 Å². The van der Waals surface area contributed by atoms with Crippen molar-refractivity contribution < 1.29 is 4.79 Å². The number of nitrogens with zero attached hydrogens (tertiary/aromatic N) is 2. The first kappa shape index (κ1) is 16.5. The molecule has 0 saturated carbocycles. The fraction of sp³-hybridized carbons (Fsp3) is 0.150. The number of aromatic nitrogens is 3. The minimum atomic E-state index is -0.167. The number of anilines is 1. The summed E-state index contributed by atoms with van der Waals surface area (Å²) in [4.78, 5) is 24.8. The predicted octanol–water partition coefficient (Wildman–Crippen LogP) is 4.82. The molecule has 4 aromatic rings. The highest BCUT2D eigenvalue weighted by Gasteiger charge is 2.18. The molecule has 6 heteroatoms. The van der Waals surface area contributed by atoms with Crippen LogP contribution in [0.4, 0.5) is 5.69 Å². The van der Waals surface area contributed by atoms with Crippen molar-refractivity contribution in [2.45, 2.75) is 19.3 Å². The molecule has 1 amide bonds. The molecular formula is C20H18N4OS. The van der Waals surface area contributed by atoms with Crippen LogP contribution in [0.3, 0.4) is 0 Å². The highest BCUT2D eigenvalue weighted by atomic mass is 32.1. The van der Waals surface area contributed by atoms with Gasteiger partial charge in [0.15, 0.2) is 10.8 Å². The number of H-pyrrole nitrogens is 1. The van der Waals surface area contributed by atoms with Gasteiger partial charge in [-0.25, -0.2) is 9.97 Å². The summed E-state index contributed by atoms with van der Waals surface area (Å²) in [5.74, 6) is 0.575. The van der Waals surface area contributed by atoms with Gasteiger partial charge in [-0.05, 0) is 30.2 Å². The molecule has 2 N–H and O–H groups in total. The van der Waals surface area contributed by atoms with Gasteiger partial charge in [0.25, 0.3) is 0 Å². The normalized spacial score (nSPS) is 12.2. The first-order valence-corrected chi connectivity index (χ1v) is 9.38. The number of nitrogens with one attached hydrogen (secondary N) is 2. The Kier molecular flexibility index (Phi) is 4.50. The van der Waals surface area contributed by atoms with Crippen LogP contribution < -0.4 is 5.32 Å². The second-order valence-corrected chi connectivity index (χ2v) is 6.91. The van der Waals surface area contributed by atoms with Crippen molar-refractivity contribution in [3.8, 4) is 10.8 Å². The largest absolute Gasteiger partial charge is 0.336 e. The van der Waals surface area contributed by atoms with E-state index in [1.54, 1.807) is 6.20 Å². The van der Waals surface area contributed by atoms with Crippen LogP contribution in [0.25, 0.3) is 21.9 Å². The summed E-state index contributed by atoms with van der Waals surface area (Å²) in [6.07, 6.45) is 2.50. The van der Waals surface area contributed by atoms with Crippen LogP contribution in [0.15, 0.2) is 60.1 Å². The van der Waals surface area contributed by atoms with Gasteiger partial charge in [0, 0.05) is 17.3 Å². The Labute approximate surface area is 155 Å². The molecule has 0 aliphatic carbocycles. The lowest BCUT2D eigenvalue weighted by atomic mass is 9.95. The summed E-state index contributed by atoms with van der Waals surface area (Å²) in [7, 11) is 0. The number of carbonyl (C=O) groups is 1. The quantitative estimate of drug-likeness (QED) is 0.535. The smallest absolute Gasteiger partial charge is 0.231 e. The second kappa shape index (κ2) is 7.09. The lowest BCUT2D eigenvalue weighted by Crippen LogP contribution is -2.20. The number of benzene rings is 2. The first-order chi connectivity index (χ1) is 12.7. The topological polar surface area (TPSA) is 70.7 Å². The van der Waals surface area contributed by atoms with Crippen molar-refractivity contribution in [1.82, 2.24) is 15.0 Å². The van der Waals surface area contributed by atoms with E-state index in [0.717, 1.165) is 39.5 Å². The zero-order chi connectivity index (χ0) is 17.9. The van der Waals surface area contributed by atoms with Gasteiger partial charge in [-0.15, -0.1) is 11.3 Å². The molecule has 0 saturated heterocycles. The van der Waals surface area contributed by atoms with Gasteiger partial charge in [-0.2, -0.15) is 0 Å². The molecule has 2 heterocycles. The molecule has 2 aromatic heterocycles. The average molecular weight is 362 g/mol. The van der Waals surface area contributed by atoms with E-state index < -0.39 is 0 Å². The molecule has 0 radical (unpaired) electrons. The van der Waals surface area contributed by atoms with E-state index in [1.807, 2.05) is 60.8 Å². The lowest BCUT2D eigenvalue weighted by Gasteiger charge is -2.15. The fourth-order valence-corrected chi connectivity index (χ4v) is 3.60. The molecule has 1 unspecified atom stereocenters. The number of aromatic amines is 1. The zero-order valence-corrected chi connectivity index (χ0v) is 15.1. The SMILES string of the molecule is CCC(C(=O)Nc1ccc2nc(-c3nccs3)[nH]c2c1)c1ccccc1. The van der Waals surface area contributed by atoms with Crippen LogP contribution in [0.1, 0.15) is 24.8 Å². The summed E-state index contributed by atoms with van der Waals surface area (Å²) in [5, 5.41) is 5.80. The van der Waals surface area contributed by atoms with Crippen LogP contribution in [0, 0.1) is 0 Å². The Bertz CT molecular complexity index is 1020. The first-order valence-electron chi connectivity index (χ1n) is 8.50. The molecule has 0 fully saturated rings. The van der Waals surface area contributed by atoms with Crippen LogP contribution in [-0.2, 0) is 4.79 Å². The number of hydrogen-bond donors (Lipinski definition) is 2. The van der Waals surface area contributed by atoms with E-state index in [1.165, 1.54) is 11.3 Å². The molecule has 2 aromatic carbocycles. The summed E-state index contributed by atoms with van der Waals surface area (Å²) < 4.78 is 0. The van der Waals surface area contributed by atoms with Gasteiger partial charge in [0.2, 0.25) is 5.91 Å². The second-order valence-electron chi connectivity index (χ2n) is 6.02. The Morgan fingerprint density at radius 3 is 2.81 bits per heavy atom. The van der Waals surface area contributed by atoms with Gasteiger partial charge in [-0.3, -0.25) is 4.79 Å². The minimum absolute atomic E-state index is 0.00212. The molecule has 0 aliphatic rings. The number of carbonyl (C=O) groups excluding carboxylic acids is 1. The van der Waals surface area contributed by atoms with E-state index in [9.17, 15) is 4.79 Å². The molecule has 26 heavy (non-hydrogen) atoms. The number of imidazole rings is 1. The number of amides is 1. The third-order valence-electron chi connectivity index (χ3n) is 4.31. The zero-order valence-electron chi connectivity index (χ0n) is 14.3. The summed E-state index contributed by atoms with van der Waals surface area (Å²) >= 11 is 1.54. The highest BCUT2D eigenvalue weighted by molar-refractivity contribution is 7.13. The summed E-state index contributed by atoms with van der Waals surface area (Å²) in [5.41, 5.74) is 3.51. The fourth-order valence-electron chi connectivity index (χ4n) is 3.02. The molecule has 1 atom stereocenters. The Balaban J connectivity index is 1.57. The molecule has 4 rings (SSSR count). The van der Waals surface area contributed by atoms with Crippen molar-refractivity contribution in [3.05, 3.63) is 65.7 Å². The van der Waals surface area contributed by atoms with E-state index in [-0.39, 0.29) is 11.8 Å². The minimum Gasteiger partial charge on any atom is -0.336 e. The standard InChI is InChI=1S/C20H18N4OS/c1-2-15(13-6-4-3-5-7-13)19(25)22-14-8-9-16-17(12-14)24-18(23-16)20-21-10-11-26-20/h3-12,15H,2H2,1H3,(H,22,25)(H,23,24). The third kappa shape index (κ3) is 3.23. The molecule has 5 nitrogen and oxygen atoms in total. The molecule has 130 valence electrons. The van der Waals surface area contributed by atoms with Crippen LogP contribution in [0.5, 0.6) is 0 Å². The van der Waals surface area contributed by atoms with Crippen LogP contribution >= 0.6 is 11.3 Å². The van der Waals surface area contributed by atoms with Crippen molar-refractivity contribution in [2.24, 2.45) is 0 Å². The third-order valence-corrected chi connectivity index (χ3v) is 5.09. The highest BCUT2D eigenvalue weighted by Crippen LogP contribution is 2.26. The summed E-state index contributed by atoms with van der Waals surface area (Å²) in [6, 6.07) is 15.6. The molecular weight excluding hydrogens is 344 g/mol. The maximum Gasteiger partial charge on any atom is 0.231 e. The van der Waals surface area contributed by atoms with Gasteiger partial charge in [0.05, 0.1) is 17.0 Å². The van der Waals surface area contributed by atoms with Crippen molar-refractivity contribution in [3.63, 3.8) is 0 Å². The monoisotopic (exact) mass is 362 g/mol. The van der Waals surface area contributed by atoms with Gasteiger partial charge < -0.3 is 10.3 Å². The number of thiazole rings is 1. The lowest BCUT2D eigenvalue weighted by molar-refractivity contribution is -0.117. The van der Waals surface area contributed by atoms with Crippen LogP contribution in [0.2, 0.25) is 0 Å². The molecule has 0 aliphatic heterocycles. The van der Waals surface area contributed by atoms with E-state index in [4.69, 9.17) is 0 Å². The number of rotatable bonds is 5. The number of hydrogen-bond acceptors (Lipinski definition) is 4. The van der Waals surface area contributed by atoms with Crippen molar-refractivity contribution in [2.75, 3.05) is 5.32 Å².